The van der Waals surface area contributed by atoms with Crippen LogP contribution in [0.4, 0.5) is 5.69 Å². The third-order valence-corrected chi connectivity index (χ3v) is 10.9. The van der Waals surface area contributed by atoms with Crippen molar-refractivity contribution in [1.82, 2.24) is 0 Å². The average Bonchev–Trinajstić information content (AvgIpc) is 3.33. The van der Waals surface area contributed by atoms with E-state index in [1.807, 2.05) is 0 Å². The molecule has 0 saturated carbocycles. The number of hydrogen-bond acceptors (Lipinski definition) is 1. The fourth-order valence-corrected chi connectivity index (χ4v) is 9.14. The van der Waals surface area contributed by atoms with Crippen molar-refractivity contribution in [3.63, 3.8) is 0 Å². The van der Waals surface area contributed by atoms with Gasteiger partial charge in [-0.05, 0) is 113 Å². The quantitative estimate of drug-likeness (QED) is 0.196. The monoisotopic (exact) mass is 555 g/mol. The maximum atomic E-state index is 2.88. The lowest BCUT2D eigenvalue weighted by atomic mass is 9.57. The number of aryl methyl sites for hydroxylation is 1. The Labute approximate surface area is 255 Å². The standard InChI is InChI=1S/C42H37N/c1-28-12-11-15-29(24-28)32-22-23-34-35-25-30-13-5-6-14-31(30)26-39(35)42(38(34)27-32)36-18-7-9-20-40(36)43(33-16-3-2-4-17-33)41-21-10-8-19-37(41)42/h2-3,5-9,11-15,18-20,22-27,33,37,41H,4,10,16-17,21H2,1H3. The predicted octanol–water partition coefficient (Wildman–Crippen LogP) is 10.4. The highest BCUT2D eigenvalue weighted by Gasteiger charge is 2.57. The second-order valence-electron chi connectivity index (χ2n) is 13.1. The van der Waals surface area contributed by atoms with E-state index >= 15 is 0 Å². The molecule has 0 bridgehead atoms. The van der Waals surface area contributed by atoms with Gasteiger partial charge in [-0.3, -0.25) is 0 Å². The molecule has 9 rings (SSSR count). The number of nitrogens with zero attached hydrogens (tertiary/aromatic N) is 1. The molecule has 0 N–H and O–H groups in total. The average molecular weight is 556 g/mol. The number of benzene rings is 5. The molecule has 4 unspecified atom stereocenters. The van der Waals surface area contributed by atoms with Gasteiger partial charge in [0.15, 0.2) is 0 Å². The van der Waals surface area contributed by atoms with Crippen LogP contribution in [0, 0.1) is 12.8 Å². The van der Waals surface area contributed by atoms with Gasteiger partial charge < -0.3 is 4.90 Å². The Morgan fingerprint density at radius 3 is 2.28 bits per heavy atom. The van der Waals surface area contributed by atoms with Crippen LogP contribution in [0.1, 0.15) is 54.4 Å². The van der Waals surface area contributed by atoms with Gasteiger partial charge in [0.25, 0.3) is 0 Å². The molecule has 1 spiro atoms. The van der Waals surface area contributed by atoms with E-state index in [1.54, 1.807) is 0 Å². The van der Waals surface area contributed by atoms with Crippen LogP contribution >= 0.6 is 0 Å². The first-order valence-corrected chi connectivity index (χ1v) is 16.2. The van der Waals surface area contributed by atoms with Crippen molar-refractivity contribution in [3.05, 3.63) is 150 Å². The summed E-state index contributed by atoms with van der Waals surface area (Å²) in [7, 11) is 0. The molecule has 4 atom stereocenters. The van der Waals surface area contributed by atoms with Crippen molar-refractivity contribution in [3.8, 4) is 22.3 Å². The van der Waals surface area contributed by atoms with Crippen LogP contribution in [0.25, 0.3) is 33.0 Å². The van der Waals surface area contributed by atoms with E-state index < -0.39 is 0 Å². The first kappa shape index (κ1) is 25.2. The maximum absolute atomic E-state index is 2.88. The van der Waals surface area contributed by atoms with Gasteiger partial charge in [0, 0.05) is 23.7 Å². The number of anilines is 1. The van der Waals surface area contributed by atoms with Crippen molar-refractivity contribution < 1.29 is 0 Å². The molecular weight excluding hydrogens is 518 g/mol. The van der Waals surface area contributed by atoms with E-state index in [9.17, 15) is 0 Å². The topological polar surface area (TPSA) is 3.24 Å². The molecule has 3 aliphatic carbocycles. The molecule has 1 aliphatic heterocycles. The van der Waals surface area contributed by atoms with Crippen molar-refractivity contribution >= 4 is 16.5 Å². The molecule has 0 fully saturated rings. The van der Waals surface area contributed by atoms with Crippen molar-refractivity contribution in [1.29, 1.82) is 0 Å². The van der Waals surface area contributed by atoms with E-state index in [4.69, 9.17) is 0 Å². The molecule has 0 radical (unpaired) electrons. The van der Waals surface area contributed by atoms with Crippen LogP contribution < -0.4 is 4.90 Å². The first-order valence-electron chi connectivity index (χ1n) is 16.2. The van der Waals surface area contributed by atoms with Crippen molar-refractivity contribution in [2.45, 2.75) is 56.5 Å². The highest BCUT2D eigenvalue weighted by atomic mass is 15.2. The summed E-state index contributed by atoms with van der Waals surface area (Å²) in [4.78, 5) is 2.88. The summed E-state index contributed by atoms with van der Waals surface area (Å²) in [5.41, 5.74) is 12.4. The lowest BCUT2D eigenvalue weighted by Gasteiger charge is -2.56. The minimum Gasteiger partial charge on any atom is -0.364 e. The molecular formula is C42H37N. The normalized spacial score (nSPS) is 25.0. The van der Waals surface area contributed by atoms with E-state index in [2.05, 4.69) is 139 Å². The first-order chi connectivity index (χ1) is 21.2. The molecule has 1 heterocycles. The van der Waals surface area contributed by atoms with Crippen LogP contribution in [-0.2, 0) is 5.41 Å². The van der Waals surface area contributed by atoms with Crippen LogP contribution in [0.3, 0.4) is 0 Å². The number of hydrogen-bond donors (Lipinski definition) is 0. The van der Waals surface area contributed by atoms with Crippen molar-refractivity contribution in [2.75, 3.05) is 4.90 Å². The fraction of sp³-hybridized carbons (Fsp3) is 0.238. The Morgan fingerprint density at radius 2 is 1.42 bits per heavy atom. The summed E-state index contributed by atoms with van der Waals surface area (Å²) >= 11 is 0. The fourth-order valence-electron chi connectivity index (χ4n) is 9.14. The molecule has 43 heavy (non-hydrogen) atoms. The molecule has 5 aromatic rings. The lowest BCUT2D eigenvalue weighted by Crippen LogP contribution is -2.58. The van der Waals surface area contributed by atoms with Crippen molar-refractivity contribution in [2.24, 2.45) is 5.92 Å². The minimum absolute atomic E-state index is 0.242. The van der Waals surface area contributed by atoms with Crippen LogP contribution in [-0.4, -0.2) is 12.1 Å². The van der Waals surface area contributed by atoms with E-state index in [0.717, 1.165) is 12.8 Å². The Bertz CT molecular complexity index is 1960. The lowest BCUT2D eigenvalue weighted by molar-refractivity contribution is 0.292. The van der Waals surface area contributed by atoms with Gasteiger partial charge in [-0.1, -0.05) is 109 Å². The number of allylic oxidation sites excluding steroid dienone is 2. The number of rotatable bonds is 2. The Balaban J connectivity index is 1.39. The van der Waals surface area contributed by atoms with Crippen LogP contribution in [0.15, 0.2) is 127 Å². The zero-order valence-corrected chi connectivity index (χ0v) is 24.8. The molecule has 0 amide bonds. The summed E-state index contributed by atoms with van der Waals surface area (Å²) in [6.07, 6.45) is 15.8. The molecule has 5 aromatic carbocycles. The smallest absolute Gasteiger partial charge is 0.0566 e. The van der Waals surface area contributed by atoms with Crippen LogP contribution in [0.2, 0.25) is 0 Å². The number of fused-ring (bicyclic) bond motifs is 10. The minimum atomic E-state index is -0.242. The summed E-state index contributed by atoms with van der Waals surface area (Å²) in [5.74, 6) is 0.357. The van der Waals surface area contributed by atoms with E-state index in [0.29, 0.717) is 18.0 Å². The van der Waals surface area contributed by atoms with Crippen LogP contribution in [0.5, 0.6) is 0 Å². The molecule has 1 nitrogen and oxygen atoms in total. The van der Waals surface area contributed by atoms with Gasteiger partial charge in [0.05, 0.1) is 5.41 Å². The van der Waals surface area contributed by atoms with Gasteiger partial charge in [-0.15, -0.1) is 0 Å². The highest BCUT2D eigenvalue weighted by molar-refractivity contribution is 5.96. The Kier molecular flexibility index (Phi) is 5.60. The highest BCUT2D eigenvalue weighted by Crippen LogP contribution is 2.64. The third kappa shape index (κ3) is 3.58. The van der Waals surface area contributed by atoms with Gasteiger partial charge in [-0.25, -0.2) is 0 Å². The zero-order valence-electron chi connectivity index (χ0n) is 24.8. The summed E-state index contributed by atoms with van der Waals surface area (Å²) < 4.78 is 0. The van der Waals surface area contributed by atoms with E-state index in [-0.39, 0.29) is 5.41 Å². The molecule has 0 saturated heterocycles. The van der Waals surface area contributed by atoms with Gasteiger partial charge in [0.2, 0.25) is 0 Å². The Morgan fingerprint density at radius 1 is 0.628 bits per heavy atom. The summed E-state index contributed by atoms with van der Waals surface area (Å²) in [5, 5.41) is 2.66. The summed E-state index contributed by atoms with van der Waals surface area (Å²) in [6, 6.07) is 40.8. The molecule has 1 heteroatoms. The second kappa shape index (κ2) is 9.58. The van der Waals surface area contributed by atoms with Gasteiger partial charge >= 0.3 is 0 Å². The van der Waals surface area contributed by atoms with Gasteiger partial charge in [-0.2, -0.15) is 0 Å². The summed E-state index contributed by atoms with van der Waals surface area (Å²) in [6.45, 7) is 2.20. The Hall–Kier alpha value is -4.36. The zero-order chi connectivity index (χ0) is 28.5. The maximum Gasteiger partial charge on any atom is 0.0566 e. The largest absolute Gasteiger partial charge is 0.364 e. The third-order valence-electron chi connectivity index (χ3n) is 10.9. The molecule has 0 aromatic heterocycles. The molecule has 210 valence electrons. The predicted molar refractivity (Wildman–Crippen MR) is 181 cm³/mol. The number of para-hydroxylation sites is 1. The molecule has 4 aliphatic rings. The van der Waals surface area contributed by atoms with E-state index in [1.165, 1.54) is 80.2 Å². The second-order valence-corrected chi connectivity index (χ2v) is 13.1. The SMILES string of the molecule is Cc1cccc(-c2ccc3c(c2)C2(c4cc5ccccc5cc4-3)c3ccccc3N(C3CC=CCC3)C3CCC=CC32)c1. The van der Waals surface area contributed by atoms with Gasteiger partial charge in [0.1, 0.15) is 0 Å².